The van der Waals surface area contributed by atoms with E-state index in [2.05, 4.69) is 21.2 Å². The summed E-state index contributed by atoms with van der Waals surface area (Å²) < 4.78 is 11.7. The summed E-state index contributed by atoms with van der Waals surface area (Å²) in [5, 5.41) is 14.2. The monoisotopic (exact) mass is 597 g/mol. The van der Waals surface area contributed by atoms with Crippen molar-refractivity contribution in [1.82, 2.24) is 10.2 Å². The predicted molar refractivity (Wildman–Crippen MR) is 152 cm³/mol. The van der Waals surface area contributed by atoms with Crippen LogP contribution in [-0.4, -0.2) is 46.9 Å². The maximum absolute atomic E-state index is 13.7. The van der Waals surface area contributed by atoms with Gasteiger partial charge in [0.25, 0.3) is 5.91 Å². The predicted octanol–water partition coefficient (Wildman–Crippen LogP) is 5.30. The number of carbonyl (C=O) groups excluding carboxylic acids is 2. The number of nitrogens with one attached hydrogen (secondary N) is 1. The Morgan fingerprint density at radius 3 is 2.33 bits per heavy atom. The van der Waals surface area contributed by atoms with E-state index in [9.17, 15) is 19.7 Å². The number of amides is 2. The normalized spacial score (nSPS) is 11.8. The molecular weight excluding hydrogens is 566 g/mol. The maximum atomic E-state index is 13.7. The minimum absolute atomic E-state index is 0.0162. The van der Waals surface area contributed by atoms with Crippen molar-refractivity contribution in [1.29, 1.82) is 0 Å². The molecule has 3 aromatic carbocycles. The highest BCUT2D eigenvalue weighted by Gasteiger charge is 2.32. The Labute approximate surface area is 236 Å². The summed E-state index contributed by atoms with van der Waals surface area (Å²) >= 11 is 3.47. The zero-order valence-corrected chi connectivity index (χ0v) is 23.9. The summed E-state index contributed by atoms with van der Waals surface area (Å²) in [6.07, 6.45) is 0.299. The second kappa shape index (κ2) is 13.2. The first-order valence-corrected chi connectivity index (χ1v) is 13.1. The van der Waals surface area contributed by atoms with Crippen molar-refractivity contribution >= 4 is 33.4 Å². The van der Waals surface area contributed by atoms with Crippen LogP contribution in [0, 0.1) is 10.1 Å². The Balaban J connectivity index is 1.94. The number of nitro benzene ring substituents is 1. The van der Waals surface area contributed by atoms with Gasteiger partial charge in [0, 0.05) is 35.1 Å². The smallest absolute Gasteiger partial charge is 0.311 e. The van der Waals surface area contributed by atoms with Gasteiger partial charge in [-0.1, -0.05) is 58.4 Å². The molecule has 0 heterocycles. The Morgan fingerprint density at radius 2 is 1.72 bits per heavy atom. The van der Waals surface area contributed by atoms with Crippen molar-refractivity contribution in [3.05, 3.63) is 98.5 Å². The minimum Gasteiger partial charge on any atom is -0.490 e. The Morgan fingerprint density at radius 1 is 1.03 bits per heavy atom. The van der Waals surface area contributed by atoms with Gasteiger partial charge in [-0.05, 0) is 50.1 Å². The molecular formula is C29H32BrN3O6. The van der Waals surface area contributed by atoms with E-state index in [0.29, 0.717) is 6.42 Å². The second-order valence-electron chi connectivity index (χ2n) is 9.98. The number of halogens is 1. The fourth-order valence-corrected chi connectivity index (χ4v) is 4.41. The number of hydrogen-bond acceptors (Lipinski definition) is 6. The highest BCUT2D eigenvalue weighted by molar-refractivity contribution is 9.10. The number of benzene rings is 3. The zero-order chi connectivity index (χ0) is 28.6. The number of hydrogen-bond donors (Lipinski definition) is 1. The van der Waals surface area contributed by atoms with Crippen LogP contribution in [0.25, 0.3) is 0 Å². The maximum Gasteiger partial charge on any atom is 0.311 e. The number of methoxy groups -OCH3 is 1. The third kappa shape index (κ3) is 8.81. The quantitative estimate of drug-likeness (QED) is 0.237. The van der Waals surface area contributed by atoms with Gasteiger partial charge in [0.15, 0.2) is 6.61 Å². The van der Waals surface area contributed by atoms with Crippen molar-refractivity contribution in [3.63, 3.8) is 0 Å². The molecule has 0 fully saturated rings. The van der Waals surface area contributed by atoms with Crippen molar-refractivity contribution in [2.75, 3.05) is 13.7 Å². The largest absolute Gasteiger partial charge is 0.490 e. The van der Waals surface area contributed by atoms with Crippen molar-refractivity contribution in [2.45, 2.75) is 45.3 Å². The molecule has 39 heavy (non-hydrogen) atoms. The van der Waals surface area contributed by atoms with Crippen LogP contribution in [0.3, 0.4) is 0 Å². The summed E-state index contributed by atoms with van der Waals surface area (Å²) in [4.78, 5) is 39.5. The molecule has 0 unspecified atom stereocenters. The van der Waals surface area contributed by atoms with Gasteiger partial charge in [-0.3, -0.25) is 19.7 Å². The lowest BCUT2D eigenvalue weighted by Gasteiger charge is -2.33. The highest BCUT2D eigenvalue weighted by Crippen LogP contribution is 2.31. The SMILES string of the molecule is COc1cc(OCC(=O)N(Cc2cccc(Br)c2)[C@@H](Cc2ccccc2)C(=O)NC(C)(C)C)ccc1[N+](=O)[O-]. The molecule has 3 aromatic rings. The highest BCUT2D eigenvalue weighted by atomic mass is 79.9. The molecule has 0 aliphatic rings. The molecule has 0 saturated heterocycles. The molecule has 2 amide bonds. The summed E-state index contributed by atoms with van der Waals surface area (Å²) in [5.41, 5.74) is 1.01. The van der Waals surface area contributed by atoms with Crippen LogP contribution in [-0.2, 0) is 22.6 Å². The fourth-order valence-electron chi connectivity index (χ4n) is 3.97. The molecule has 0 radical (unpaired) electrons. The molecule has 10 heteroatoms. The molecule has 9 nitrogen and oxygen atoms in total. The van der Waals surface area contributed by atoms with Gasteiger partial charge in [0.05, 0.1) is 12.0 Å². The van der Waals surface area contributed by atoms with Crippen LogP contribution >= 0.6 is 15.9 Å². The number of carbonyl (C=O) groups is 2. The van der Waals surface area contributed by atoms with E-state index in [1.54, 1.807) is 0 Å². The fraction of sp³-hybridized carbons (Fsp3) is 0.310. The third-order valence-corrected chi connectivity index (χ3v) is 6.21. The number of nitrogens with zero attached hydrogens (tertiary/aromatic N) is 2. The molecule has 1 atom stereocenters. The van der Waals surface area contributed by atoms with Crippen LogP contribution < -0.4 is 14.8 Å². The van der Waals surface area contributed by atoms with E-state index in [0.717, 1.165) is 15.6 Å². The van der Waals surface area contributed by atoms with Gasteiger partial charge in [-0.15, -0.1) is 0 Å². The van der Waals surface area contributed by atoms with E-state index in [1.165, 1.54) is 30.2 Å². The van der Waals surface area contributed by atoms with E-state index in [1.807, 2.05) is 75.4 Å². The van der Waals surface area contributed by atoms with Gasteiger partial charge in [-0.25, -0.2) is 0 Å². The lowest BCUT2D eigenvalue weighted by Crippen LogP contribution is -2.55. The van der Waals surface area contributed by atoms with Crippen molar-refractivity contribution in [3.8, 4) is 11.5 Å². The zero-order valence-electron chi connectivity index (χ0n) is 22.3. The molecule has 0 saturated carbocycles. The first kappa shape index (κ1) is 29.6. The summed E-state index contributed by atoms with van der Waals surface area (Å²) in [7, 11) is 1.32. The average Bonchev–Trinajstić information content (AvgIpc) is 2.88. The first-order chi connectivity index (χ1) is 18.5. The van der Waals surface area contributed by atoms with Gasteiger partial charge in [0.1, 0.15) is 11.8 Å². The van der Waals surface area contributed by atoms with Crippen LogP contribution in [0.1, 0.15) is 31.9 Å². The second-order valence-corrected chi connectivity index (χ2v) is 10.9. The van der Waals surface area contributed by atoms with E-state index in [-0.39, 0.29) is 36.2 Å². The lowest BCUT2D eigenvalue weighted by atomic mass is 10.0. The number of ether oxygens (including phenoxy) is 2. The molecule has 0 aliphatic heterocycles. The minimum atomic E-state index is -0.826. The molecule has 3 rings (SSSR count). The Bertz CT molecular complexity index is 1310. The third-order valence-electron chi connectivity index (χ3n) is 5.72. The summed E-state index contributed by atoms with van der Waals surface area (Å²) in [6.45, 7) is 5.44. The molecule has 0 aromatic heterocycles. The standard InChI is InChI=1S/C29H32BrN3O6/c1-29(2,3)31-28(35)25(16-20-9-6-5-7-10-20)32(18-21-11-8-12-22(30)15-21)27(34)19-39-23-13-14-24(33(36)37)26(17-23)38-4/h5-15,17,25H,16,18-19H2,1-4H3,(H,31,35)/t25-/m0/s1. The van der Waals surface area contributed by atoms with Crippen LogP contribution in [0.5, 0.6) is 11.5 Å². The topological polar surface area (TPSA) is 111 Å². The molecule has 0 aliphatic carbocycles. The molecule has 0 spiro atoms. The lowest BCUT2D eigenvalue weighted by molar-refractivity contribution is -0.385. The molecule has 206 valence electrons. The van der Waals surface area contributed by atoms with Crippen molar-refractivity contribution < 1.29 is 24.0 Å². The van der Waals surface area contributed by atoms with E-state index in [4.69, 9.17) is 9.47 Å². The number of nitro groups is 1. The van der Waals surface area contributed by atoms with E-state index >= 15 is 0 Å². The molecule has 1 N–H and O–H groups in total. The average molecular weight is 598 g/mol. The van der Waals surface area contributed by atoms with Gasteiger partial charge in [0.2, 0.25) is 11.7 Å². The van der Waals surface area contributed by atoms with E-state index < -0.39 is 22.4 Å². The Hall–Kier alpha value is -3.92. The van der Waals surface area contributed by atoms with Crippen LogP contribution in [0.4, 0.5) is 5.69 Å². The number of rotatable bonds is 11. The van der Waals surface area contributed by atoms with Crippen LogP contribution in [0.15, 0.2) is 77.3 Å². The Kier molecular flexibility index (Phi) is 10.1. The summed E-state index contributed by atoms with van der Waals surface area (Å²) in [5.74, 6) is -0.460. The van der Waals surface area contributed by atoms with Gasteiger partial charge in [-0.2, -0.15) is 0 Å². The summed E-state index contributed by atoms with van der Waals surface area (Å²) in [6, 6.07) is 20.2. The first-order valence-electron chi connectivity index (χ1n) is 12.3. The van der Waals surface area contributed by atoms with Gasteiger partial charge < -0.3 is 19.7 Å². The molecule has 0 bridgehead atoms. The van der Waals surface area contributed by atoms with Crippen molar-refractivity contribution in [2.24, 2.45) is 0 Å². The van der Waals surface area contributed by atoms with Crippen LogP contribution in [0.2, 0.25) is 0 Å². The van der Waals surface area contributed by atoms with Gasteiger partial charge >= 0.3 is 5.69 Å².